The Morgan fingerprint density at radius 1 is 1.33 bits per heavy atom. The lowest BCUT2D eigenvalue weighted by atomic mass is 10.1. The normalized spacial score (nSPS) is 13.5. The minimum Gasteiger partial charge on any atom is -0.212 e. The molecule has 0 aliphatic heterocycles. The fourth-order valence-corrected chi connectivity index (χ4v) is 3.32. The Morgan fingerprint density at radius 3 is 2.67 bits per heavy atom. The van der Waals surface area contributed by atoms with Gasteiger partial charge in [0.1, 0.15) is 0 Å². The van der Waals surface area contributed by atoms with Crippen molar-refractivity contribution >= 4 is 33.2 Å². The molecule has 0 spiro atoms. The van der Waals surface area contributed by atoms with Gasteiger partial charge in [-0.3, -0.25) is 0 Å². The lowest BCUT2D eigenvalue weighted by molar-refractivity contribution is 0.564. The number of rotatable bonds is 7. The fraction of sp³-hybridized carbons (Fsp3) is 0.500. The van der Waals surface area contributed by atoms with Crippen LogP contribution in [0, 0.1) is 0 Å². The number of unbranched alkanes of at least 4 members (excludes halogenated alkanes) is 1. The highest BCUT2D eigenvalue weighted by molar-refractivity contribution is 7.89. The Kier molecular flexibility index (Phi) is 6.43. The molecule has 0 aliphatic carbocycles. The second-order valence-electron chi connectivity index (χ2n) is 4.11. The molecule has 0 radical (unpaired) electrons. The van der Waals surface area contributed by atoms with Crippen molar-refractivity contribution in [1.29, 1.82) is 0 Å². The van der Waals surface area contributed by atoms with Crippen molar-refractivity contribution in [1.82, 2.24) is 4.72 Å². The summed E-state index contributed by atoms with van der Waals surface area (Å²) in [5.41, 5.74) is 0.850. The molecule has 102 valence electrons. The zero-order chi connectivity index (χ0) is 13.6. The summed E-state index contributed by atoms with van der Waals surface area (Å²) in [6.07, 6.45) is 1.27. The van der Waals surface area contributed by atoms with Crippen LogP contribution in [0.15, 0.2) is 24.3 Å². The van der Waals surface area contributed by atoms with E-state index in [0.29, 0.717) is 23.7 Å². The third kappa shape index (κ3) is 5.57. The quantitative estimate of drug-likeness (QED) is 0.620. The molecule has 1 atom stereocenters. The SMILES string of the molecule is CC(NS(=O)(=O)CCCCCl)c1cccc(Cl)c1. The van der Waals surface area contributed by atoms with Crippen LogP contribution in [0.1, 0.15) is 31.4 Å². The second-order valence-corrected chi connectivity index (χ2v) is 6.80. The Balaban J connectivity index is 2.61. The summed E-state index contributed by atoms with van der Waals surface area (Å²) in [5.74, 6) is 0.587. The van der Waals surface area contributed by atoms with Gasteiger partial charge in [-0.1, -0.05) is 23.7 Å². The van der Waals surface area contributed by atoms with Gasteiger partial charge in [0.15, 0.2) is 0 Å². The minimum atomic E-state index is -3.27. The first kappa shape index (κ1) is 15.8. The summed E-state index contributed by atoms with van der Waals surface area (Å²) >= 11 is 11.4. The maximum atomic E-state index is 11.8. The predicted molar refractivity (Wildman–Crippen MR) is 76.7 cm³/mol. The number of alkyl halides is 1. The van der Waals surface area contributed by atoms with Crippen LogP contribution in [0.4, 0.5) is 0 Å². The number of benzene rings is 1. The van der Waals surface area contributed by atoms with Crippen LogP contribution in [-0.2, 0) is 10.0 Å². The maximum Gasteiger partial charge on any atom is 0.212 e. The molecule has 18 heavy (non-hydrogen) atoms. The lowest BCUT2D eigenvalue weighted by Crippen LogP contribution is -2.29. The molecule has 1 N–H and O–H groups in total. The van der Waals surface area contributed by atoms with Crippen LogP contribution in [0.25, 0.3) is 0 Å². The van der Waals surface area contributed by atoms with E-state index in [0.717, 1.165) is 5.56 Å². The minimum absolute atomic E-state index is 0.102. The molecule has 1 unspecified atom stereocenters. The largest absolute Gasteiger partial charge is 0.212 e. The number of sulfonamides is 1. The van der Waals surface area contributed by atoms with Crippen molar-refractivity contribution in [3.05, 3.63) is 34.9 Å². The summed E-state index contributed by atoms with van der Waals surface area (Å²) < 4.78 is 26.2. The highest BCUT2D eigenvalue weighted by Crippen LogP contribution is 2.18. The van der Waals surface area contributed by atoms with Gasteiger partial charge in [0.05, 0.1) is 5.75 Å². The molecule has 0 fully saturated rings. The topological polar surface area (TPSA) is 46.2 Å². The van der Waals surface area contributed by atoms with Gasteiger partial charge < -0.3 is 0 Å². The molecule has 0 bridgehead atoms. The molecule has 0 aliphatic rings. The molecule has 6 heteroatoms. The first-order chi connectivity index (χ1) is 8.44. The number of halogens is 2. The predicted octanol–water partition coefficient (Wildman–Crippen LogP) is 3.34. The van der Waals surface area contributed by atoms with Crippen LogP contribution < -0.4 is 4.72 Å². The molecular weight excluding hydrogens is 293 g/mol. The Morgan fingerprint density at radius 2 is 2.06 bits per heavy atom. The number of hydrogen-bond acceptors (Lipinski definition) is 2. The van der Waals surface area contributed by atoms with Crippen molar-refractivity contribution in [3.63, 3.8) is 0 Å². The molecule has 1 rings (SSSR count). The van der Waals surface area contributed by atoms with Crippen molar-refractivity contribution in [3.8, 4) is 0 Å². The smallest absolute Gasteiger partial charge is 0.212 e. The summed E-state index contributed by atoms with van der Waals surface area (Å²) in [7, 11) is -3.27. The first-order valence-electron chi connectivity index (χ1n) is 5.76. The van der Waals surface area contributed by atoms with Crippen LogP contribution in [0.5, 0.6) is 0 Å². The average molecular weight is 310 g/mol. The Bertz CT molecular complexity index is 477. The van der Waals surface area contributed by atoms with Gasteiger partial charge in [0.25, 0.3) is 0 Å². The summed E-state index contributed by atoms with van der Waals surface area (Å²) in [4.78, 5) is 0. The van der Waals surface area contributed by atoms with Gasteiger partial charge in [-0.05, 0) is 37.5 Å². The molecule has 0 aromatic heterocycles. The third-order valence-electron chi connectivity index (χ3n) is 2.50. The van der Waals surface area contributed by atoms with Crippen LogP contribution in [0.3, 0.4) is 0 Å². The Hall–Kier alpha value is -0.290. The second kappa shape index (κ2) is 7.34. The summed E-state index contributed by atoms with van der Waals surface area (Å²) in [6.45, 7) is 1.80. The molecule has 0 saturated heterocycles. The van der Waals surface area contributed by atoms with Crippen molar-refractivity contribution in [2.45, 2.75) is 25.8 Å². The van der Waals surface area contributed by atoms with Crippen LogP contribution in [0.2, 0.25) is 5.02 Å². The lowest BCUT2D eigenvalue weighted by Gasteiger charge is -2.14. The molecule has 0 heterocycles. The van der Waals surface area contributed by atoms with Gasteiger partial charge in [0.2, 0.25) is 10.0 Å². The zero-order valence-corrected chi connectivity index (χ0v) is 12.5. The van der Waals surface area contributed by atoms with E-state index < -0.39 is 10.0 Å². The van der Waals surface area contributed by atoms with E-state index in [1.807, 2.05) is 6.07 Å². The highest BCUT2D eigenvalue weighted by atomic mass is 35.5. The fourth-order valence-electron chi connectivity index (χ4n) is 1.56. The van der Waals surface area contributed by atoms with Crippen molar-refractivity contribution < 1.29 is 8.42 Å². The summed E-state index contributed by atoms with van der Waals surface area (Å²) in [5, 5.41) is 0.598. The maximum absolute atomic E-state index is 11.8. The van der Waals surface area contributed by atoms with Crippen LogP contribution >= 0.6 is 23.2 Å². The van der Waals surface area contributed by atoms with Crippen LogP contribution in [-0.4, -0.2) is 20.1 Å². The average Bonchev–Trinajstić information content (AvgIpc) is 2.28. The number of nitrogens with one attached hydrogen (secondary N) is 1. The van der Waals surface area contributed by atoms with E-state index in [9.17, 15) is 8.42 Å². The molecule has 0 saturated carbocycles. The van der Waals surface area contributed by atoms with E-state index in [2.05, 4.69) is 4.72 Å². The molecule has 1 aromatic rings. The Labute approximate surface area is 119 Å². The monoisotopic (exact) mass is 309 g/mol. The van der Waals surface area contributed by atoms with E-state index in [1.54, 1.807) is 25.1 Å². The highest BCUT2D eigenvalue weighted by Gasteiger charge is 2.15. The van der Waals surface area contributed by atoms with Gasteiger partial charge in [-0.2, -0.15) is 0 Å². The van der Waals surface area contributed by atoms with Gasteiger partial charge >= 0.3 is 0 Å². The third-order valence-corrected chi connectivity index (χ3v) is 4.54. The van der Waals surface area contributed by atoms with E-state index in [-0.39, 0.29) is 11.8 Å². The molecule has 1 aromatic carbocycles. The van der Waals surface area contributed by atoms with E-state index >= 15 is 0 Å². The molecule has 0 amide bonds. The van der Waals surface area contributed by atoms with Crippen molar-refractivity contribution in [2.75, 3.05) is 11.6 Å². The standard InChI is InChI=1S/C12H17Cl2NO2S/c1-10(11-5-4-6-12(14)9-11)15-18(16,17)8-3-2-7-13/h4-6,9-10,15H,2-3,7-8H2,1H3. The van der Waals surface area contributed by atoms with Gasteiger partial charge in [-0.15, -0.1) is 11.6 Å². The van der Waals surface area contributed by atoms with Gasteiger partial charge in [0, 0.05) is 16.9 Å². The molecular formula is C12H17Cl2NO2S. The first-order valence-corrected chi connectivity index (χ1v) is 8.32. The zero-order valence-electron chi connectivity index (χ0n) is 10.2. The molecule has 3 nitrogen and oxygen atoms in total. The van der Waals surface area contributed by atoms with E-state index in [4.69, 9.17) is 23.2 Å². The van der Waals surface area contributed by atoms with E-state index in [1.165, 1.54) is 0 Å². The summed E-state index contributed by atoms with van der Waals surface area (Å²) in [6, 6.07) is 6.87. The number of hydrogen-bond donors (Lipinski definition) is 1. The van der Waals surface area contributed by atoms with Gasteiger partial charge in [-0.25, -0.2) is 13.1 Å². The van der Waals surface area contributed by atoms with Crippen molar-refractivity contribution in [2.24, 2.45) is 0 Å².